The van der Waals surface area contributed by atoms with E-state index in [0.717, 1.165) is 11.1 Å². The molecule has 0 radical (unpaired) electrons. The second kappa shape index (κ2) is 11.2. The Morgan fingerprint density at radius 3 is 2.45 bits per heavy atom. The molecular formula is C21H25NO6S. The molecule has 0 spiro atoms. The normalized spacial score (nSPS) is 11.4. The van der Waals surface area contributed by atoms with Gasteiger partial charge in [0.15, 0.2) is 18.1 Å². The molecule has 0 fully saturated rings. The fourth-order valence-corrected chi connectivity index (χ4v) is 3.32. The molecular weight excluding hydrogens is 394 g/mol. The van der Waals surface area contributed by atoms with Crippen LogP contribution in [0.5, 0.6) is 11.5 Å². The van der Waals surface area contributed by atoms with Gasteiger partial charge in [0.25, 0.3) is 5.91 Å². The van der Waals surface area contributed by atoms with E-state index in [0.29, 0.717) is 35.8 Å². The highest BCUT2D eigenvalue weighted by Crippen LogP contribution is 2.27. The first kappa shape index (κ1) is 22.4. The molecule has 2 rings (SSSR count). The van der Waals surface area contributed by atoms with Crippen LogP contribution in [0.15, 0.2) is 42.5 Å². The molecule has 0 saturated heterocycles. The number of rotatable bonds is 10. The van der Waals surface area contributed by atoms with Crippen molar-refractivity contribution in [2.24, 2.45) is 0 Å². The number of hydrogen-bond donors (Lipinski definition) is 1. The summed E-state index contributed by atoms with van der Waals surface area (Å²) in [6.45, 7) is 0.0262. The van der Waals surface area contributed by atoms with Crippen LogP contribution in [0.3, 0.4) is 0 Å². The summed E-state index contributed by atoms with van der Waals surface area (Å²) in [5.41, 5.74) is 2.08. The summed E-state index contributed by atoms with van der Waals surface area (Å²) in [6.07, 6.45) is 2.19. The van der Waals surface area contributed by atoms with Crippen LogP contribution in [0.2, 0.25) is 0 Å². The molecule has 1 amide bonds. The van der Waals surface area contributed by atoms with Gasteiger partial charge in [0.1, 0.15) is 0 Å². The van der Waals surface area contributed by atoms with Gasteiger partial charge in [-0.25, -0.2) is 4.79 Å². The van der Waals surface area contributed by atoms with Crippen molar-refractivity contribution in [3.8, 4) is 11.5 Å². The van der Waals surface area contributed by atoms with Crippen LogP contribution in [0.1, 0.15) is 21.5 Å². The molecule has 29 heavy (non-hydrogen) atoms. The average Bonchev–Trinajstić information content (AvgIpc) is 2.71. The maximum absolute atomic E-state index is 12.1. The minimum Gasteiger partial charge on any atom is -0.493 e. The van der Waals surface area contributed by atoms with E-state index >= 15 is 0 Å². The number of ether oxygens (including phenoxy) is 3. The van der Waals surface area contributed by atoms with Gasteiger partial charge in [-0.1, -0.05) is 18.2 Å². The molecule has 0 aliphatic carbocycles. The molecule has 0 aromatic heterocycles. The summed E-state index contributed by atoms with van der Waals surface area (Å²) < 4.78 is 26.8. The van der Waals surface area contributed by atoms with Gasteiger partial charge in [-0.2, -0.15) is 0 Å². The van der Waals surface area contributed by atoms with Crippen molar-refractivity contribution in [1.29, 1.82) is 0 Å². The highest BCUT2D eigenvalue weighted by molar-refractivity contribution is 7.83. The van der Waals surface area contributed by atoms with Crippen molar-refractivity contribution >= 4 is 22.7 Å². The van der Waals surface area contributed by atoms with E-state index in [-0.39, 0.29) is 12.5 Å². The Balaban J connectivity index is 1.78. The van der Waals surface area contributed by atoms with Crippen molar-refractivity contribution in [3.05, 3.63) is 59.2 Å². The lowest BCUT2D eigenvalue weighted by Gasteiger charge is -2.10. The van der Waals surface area contributed by atoms with Crippen LogP contribution in [0, 0.1) is 0 Å². The maximum atomic E-state index is 12.1. The third kappa shape index (κ3) is 7.23. The van der Waals surface area contributed by atoms with E-state index in [2.05, 4.69) is 5.32 Å². The van der Waals surface area contributed by atoms with Gasteiger partial charge >= 0.3 is 5.97 Å². The van der Waals surface area contributed by atoms with Gasteiger partial charge in [-0.05, 0) is 41.8 Å². The molecule has 0 aliphatic rings. The zero-order valence-corrected chi connectivity index (χ0v) is 17.5. The van der Waals surface area contributed by atoms with Gasteiger partial charge in [0.2, 0.25) is 0 Å². The zero-order chi connectivity index (χ0) is 21.2. The minimum absolute atomic E-state index is 0.325. The standard InChI is InChI=1S/C21H25NO6S/c1-26-18-8-7-15(12-19(18)27-2)9-10-22-20(23)13-28-21(24)17-6-4-5-16(11-17)14-29(3)25/h4-8,11-12H,9-10,13-14H2,1-3H3,(H,22,23). The lowest BCUT2D eigenvalue weighted by molar-refractivity contribution is -0.124. The molecule has 2 aromatic carbocycles. The second-order valence-electron chi connectivity index (χ2n) is 6.28. The van der Waals surface area contributed by atoms with Crippen molar-refractivity contribution < 1.29 is 28.0 Å². The lowest BCUT2D eigenvalue weighted by Crippen LogP contribution is -2.30. The Morgan fingerprint density at radius 2 is 1.76 bits per heavy atom. The minimum atomic E-state index is -1.00. The predicted molar refractivity (Wildman–Crippen MR) is 111 cm³/mol. The number of nitrogens with one attached hydrogen (secondary N) is 1. The fourth-order valence-electron chi connectivity index (χ4n) is 2.67. The largest absolute Gasteiger partial charge is 0.493 e. The van der Waals surface area contributed by atoms with E-state index in [1.807, 2.05) is 12.1 Å². The third-order valence-corrected chi connectivity index (χ3v) is 4.79. The van der Waals surface area contributed by atoms with Crippen LogP contribution in [0.25, 0.3) is 0 Å². The van der Waals surface area contributed by atoms with Gasteiger partial charge in [-0.3, -0.25) is 9.00 Å². The quantitative estimate of drug-likeness (QED) is 0.593. The number of hydrogen-bond acceptors (Lipinski definition) is 6. The molecule has 1 N–H and O–H groups in total. The van der Waals surface area contributed by atoms with E-state index < -0.39 is 16.8 Å². The monoisotopic (exact) mass is 419 g/mol. The average molecular weight is 419 g/mol. The molecule has 7 nitrogen and oxygen atoms in total. The molecule has 8 heteroatoms. The number of benzene rings is 2. The Kier molecular flexibility index (Phi) is 8.67. The molecule has 1 atom stereocenters. The number of esters is 1. The van der Waals surface area contributed by atoms with Gasteiger partial charge in [0.05, 0.1) is 19.8 Å². The molecule has 0 aliphatic heterocycles. The van der Waals surface area contributed by atoms with Crippen LogP contribution in [-0.4, -0.2) is 49.7 Å². The van der Waals surface area contributed by atoms with Gasteiger partial charge < -0.3 is 19.5 Å². The molecule has 2 aromatic rings. The molecule has 156 valence electrons. The summed E-state index contributed by atoms with van der Waals surface area (Å²) in [5.74, 6) is 0.645. The Labute approximate surface area is 172 Å². The Hall–Kier alpha value is -2.87. The highest BCUT2D eigenvalue weighted by atomic mass is 32.2. The zero-order valence-electron chi connectivity index (χ0n) is 16.7. The van der Waals surface area contributed by atoms with E-state index in [1.54, 1.807) is 50.8 Å². The first-order chi connectivity index (χ1) is 13.9. The van der Waals surface area contributed by atoms with Crippen LogP contribution >= 0.6 is 0 Å². The fraction of sp³-hybridized carbons (Fsp3) is 0.333. The first-order valence-electron chi connectivity index (χ1n) is 8.96. The Morgan fingerprint density at radius 1 is 1.00 bits per heavy atom. The number of methoxy groups -OCH3 is 2. The van der Waals surface area contributed by atoms with Crippen molar-refractivity contribution in [2.45, 2.75) is 12.2 Å². The summed E-state index contributed by atoms with van der Waals surface area (Å²) in [5, 5.41) is 2.71. The smallest absolute Gasteiger partial charge is 0.338 e. The topological polar surface area (TPSA) is 90.9 Å². The van der Waals surface area contributed by atoms with Gasteiger partial charge in [0, 0.05) is 29.4 Å². The molecule has 0 heterocycles. The van der Waals surface area contributed by atoms with E-state index in [9.17, 15) is 13.8 Å². The van der Waals surface area contributed by atoms with Gasteiger partial charge in [-0.15, -0.1) is 0 Å². The van der Waals surface area contributed by atoms with Crippen molar-refractivity contribution in [2.75, 3.05) is 33.6 Å². The summed E-state index contributed by atoms with van der Waals surface area (Å²) in [6, 6.07) is 12.3. The van der Waals surface area contributed by atoms with Crippen molar-refractivity contribution in [1.82, 2.24) is 5.32 Å². The van der Waals surface area contributed by atoms with E-state index in [1.165, 1.54) is 0 Å². The van der Waals surface area contributed by atoms with Crippen LogP contribution < -0.4 is 14.8 Å². The number of amides is 1. The number of carbonyl (C=O) groups is 2. The van der Waals surface area contributed by atoms with E-state index in [4.69, 9.17) is 14.2 Å². The second-order valence-corrected chi connectivity index (χ2v) is 7.72. The van der Waals surface area contributed by atoms with Crippen LogP contribution in [0.4, 0.5) is 0 Å². The molecule has 0 saturated carbocycles. The third-order valence-electron chi connectivity index (χ3n) is 4.05. The summed E-state index contributed by atoms with van der Waals surface area (Å²) in [7, 11) is 2.13. The summed E-state index contributed by atoms with van der Waals surface area (Å²) in [4.78, 5) is 24.0. The molecule has 0 bridgehead atoms. The predicted octanol–water partition coefficient (Wildman–Crippen LogP) is 2.10. The Bertz CT molecular complexity index is 883. The number of carbonyl (C=O) groups excluding carboxylic acids is 2. The van der Waals surface area contributed by atoms with Crippen LogP contribution in [-0.2, 0) is 32.5 Å². The highest BCUT2D eigenvalue weighted by Gasteiger charge is 2.11. The first-order valence-corrected chi connectivity index (χ1v) is 10.7. The SMILES string of the molecule is COc1ccc(CCNC(=O)COC(=O)c2cccc(CS(C)=O)c2)cc1OC. The summed E-state index contributed by atoms with van der Waals surface area (Å²) >= 11 is 0. The lowest BCUT2D eigenvalue weighted by atomic mass is 10.1. The molecule has 1 unspecified atom stereocenters. The van der Waals surface area contributed by atoms with Crippen molar-refractivity contribution in [3.63, 3.8) is 0 Å². The maximum Gasteiger partial charge on any atom is 0.338 e.